The molecule has 0 radical (unpaired) electrons. The van der Waals surface area contributed by atoms with E-state index < -0.39 is 11.8 Å². The van der Waals surface area contributed by atoms with E-state index in [0.717, 1.165) is 0 Å². The van der Waals surface area contributed by atoms with Crippen molar-refractivity contribution in [1.29, 1.82) is 0 Å². The zero-order valence-electron chi connectivity index (χ0n) is 13.3. The van der Waals surface area contributed by atoms with Crippen LogP contribution in [-0.4, -0.2) is 24.6 Å². The van der Waals surface area contributed by atoms with Crippen molar-refractivity contribution in [3.8, 4) is 5.75 Å². The number of halogens is 2. The third-order valence-corrected chi connectivity index (χ3v) is 3.54. The summed E-state index contributed by atoms with van der Waals surface area (Å²) in [6.07, 6.45) is 1.39. The molecule has 0 saturated carbocycles. The maximum absolute atomic E-state index is 11.9. The molecule has 2 N–H and O–H groups in total. The van der Waals surface area contributed by atoms with Crippen molar-refractivity contribution in [3.05, 3.63) is 58.1 Å². The molecule has 0 saturated heterocycles. The smallest absolute Gasteiger partial charge is 0.329 e. The number of para-hydroxylation sites is 1. The first-order valence-electron chi connectivity index (χ1n) is 7.32. The van der Waals surface area contributed by atoms with Gasteiger partial charge < -0.3 is 10.1 Å². The van der Waals surface area contributed by atoms with Crippen molar-refractivity contribution < 1.29 is 14.3 Å². The van der Waals surface area contributed by atoms with Gasteiger partial charge in [0.2, 0.25) is 0 Å². The summed E-state index contributed by atoms with van der Waals surface area (Å²) in [5, 5.41) is 6.77. The fraction of sp³-hybridized carbons (Fsp3) is 0.118. The van der Waals surface area contributed by atoms with Crippen molar-refractivity contribution in [2.24, 2.45) is 5.10 Å². The molecule has 2 rings (SSSR count). The minimum absolute atomic E-state index is 0.236. The Morgan fingerprint density at radius 2 is 1.92 bits per heavy atom. The van der Waals surface area contributed by atoms with E-state index in [1.807, 2.05) is 13.0 Å². The van der Waals surface area contributed by atoms with E-state index in [9.17, 15) is 9.59 Å². The SMILES string of the molecule is CCOc1ccccc1/C=N\NC(=O)C(=O)Nc1cc(Cl)ccc1Cl. The second-order valence-corrected chi connectivity index (χ2v) is 5.59. The lowest BCUT2D eigenvalue weighted by Gasteiger charge is -2.07. The Morgan fingerprint density at radius 3 is 2.68 bits per heavy atom. The number of carbonyl (C=O) groups excluding carboxylic acids is 2. The van der Waals surface area contributed by atoms with Gasteiger partial charge in [-0.3, -0.25) is 9.59 Å². The van der Waals surface area contributed by atoms with Gasteiger partial charge in [0.15, 0.2) is 0 Å². The topological polar surface area (TPSA) is 79.8 Å². The maximum atomic E-state index is 11.9. The molecule has 130 valence electrons. The molecule has 0 bridgehead atoms. The zero-order valence-corrected chi connectivity index (χ0v) is 14.8. The molecule has 0 unspecified atom stereocenters. The second kappa shape index (κ2) is 9.05. The molecule has 0 aliphatic carbocycles. The van der Waals surface area contributed by atoms with Crippen LogP contribution in [0.2, 0.25) is 10.0 Å². The van der Waals surface area contributed by atoms with Gasteiger partial charge in [0.1, 0.15) is 5.75 Å². The van der Waals surface area contributed by atoms with Gasteiger partial charge in [0.25, 0.3) is 0 Å². The van der Waals surface area contributed by atoms with Crippen molar-refractivity contribution >= 4 is 46.9 Å². The molecule has 2 aromatic rings. The van der Waals surface area contributed by atoms with E-state index in [1.165, 1.54) is 18.3 Å². The van der Waals surface area contributed by atoms with Crippen LogP contribution in [0.3, 0.4) is 0 Å². The molecule has 25 heavy (non-hydrogen) atoms. The van der Waals surface area contributed by atoms with Gasteiger partial charge in [-0.15, -0.1) is 0 Å². The zero-order chi connectivity index (χ0) is 18.2. The lowest BCUT2D eigenvalue weighted by molar-refractivity contribution is -0.136. The summed E-state index contributed by atoms with van der Waals surface area (Å²) >= 11 is 11.8. The van der Waals surface area contributed by atoms with Gasteiger partial charge in [0.05, 0.1) is 23.5 Å². The fourth-order valence-corrected chi connectivity index (χ4v) is 2.19. The number of nitrogens with zero attached hydrogens (tertiary/aromatic N) is 1. The number of ether oxygens (including phenoxy) is 1. The largest absolute Gasteiger partial charge is 0.493 e. The highest BCUT2D eigenvalue weighted by molar-refractivity contribution is 6.42. The summed E-state index contributed by atoms with van der Waals surface area (Å²) in [5.74, 6) is -1.24. The van der Waals surface area contributed by atoms with Crippen molar-refractivity contribution in [2.75, 3.05) is 11.9 Å². The van der Waals surface area contributed by atoms with Crippen LogP contribution in [0.25, 0.3) is 0 Å². The van der Waals surface area contributed by atoms with E-state index in [4.69, 9.17) is 27.9 Å². The number of hydrazone groups is 1. The molecule has 6 nitrogen and oxygen atoms in total. The van der Waals surface area contributed by atoms with Gasteiger partial charge in [-0.1, -0.05) is 35.3 Å². The van der Waals surface area contributed by atoms with E-state index in [1.54, 1.807) is 24.3 Å². The first-order valence-corrected chi connectivity index (χ1v) is 8.08. The predicted octanol–water partition coefficient (Wildman–Crippen LogP) is 3.48. The van der Waals surface area contributed by atoms with E-state index in [-0.39, 0.29) is 10.7 Å². The highest BCUT2D eigenvalue weighted by Gasteiger charge is 2.14. The lowest BCUT2D eigenvalue weighted by Crippen LogP contribution is -2.32. The second-order valence-electron chi connectivity index (χ2n) is 4.75. The van der Waals surface area contributed by atoms with Crippen molar-refractivity contribution in [2.45, 2.75) is 6.92 Å². The van der Waals surface area contributed by atoms with Gasteiger partial charge >= 0.3 is 11.8 Å². The molecule has 0 aromatic heterocycles. The summed E-state index contributed by atoms with van der Waals surface area (Å²) in [6, 6.07) is 11.7. The van der Waals surface area contributed by atoms with Crippen LogP contribution in [0.1, 0.15) is 12.5 Å². The first kappa shape index (κ1) is 18.8. The Kier molecular flexibility index (Phi) is 6.80. The summed E-state index contributed by atoms with van der Waals surface area (Å²) in [5.41, 5.74) is 3.05. The molecule has 8 heteroatoms. The van der Waals surface area contributed by atoms with Crippen molar-refractivity contribution in [3.63, 3.8) is 0 Å². The molecular formula is C17H15Cl2N3O3. The Labute approximate surface area is 154 Å². The maximum Gasteiger partial charge on any atom is 0.329 e. The lowest BCUT2D eigenvalue weighted by atomic mass is 10.2. The molecule has 0 atom stereocenters. The summed E-state index contributed by atoms with van der Waals surface area (Å²) in [7, 11) is 0. The summed E-state index contributed by atoms with van der Waals surface area (Å²) < 4.78 is 5.43. The highest BCUT2D eigenvalue weighted by atomic mass is 35.5. The Hall–Kier alpha value is -2.57. The molecule has 0 spiro atoms. The third kappa shape index (κ3) is 5.48. The molecule has 0 fully saturated rings. The monoisotopic (exact) mass is 379 g/mol. The Balaban J connectivity index is 1.98. The highest BCUT2D eigenvalue weighted by Crippen LogP contribution is 2.25. The minimum atomic E-state index is -0.943. The Morgan fingerprint density at radius 1 is 1.16 bits per heavy atom. The van der Waals surface area contributed by atoms with E-state index >= 15 is 0 Å². The van der Waals surface area contributed by atoms with Gasteiger partial charge in [-0.25, -0.2) is 5.43 Å². The van der Waals surface area contributed by atoms with Crippen LogP contribution in [0, 0.1) is 0 Å². The van der Waals surface area contributed by atoms with Crippen molar-refractivity contribution in [1.82, 2.24) is 5.43 Å². The molecular weight excluding hydrogens is 365 g/mol. The summed E-state index contributed by atoms with van der Waals surface area (Å²) in [6.45, 7) is 2.36. The number of carbonyl (C=O) groups is 2. The number of amides is 2. The molecule has 0 aliphatic rings. The number of anilines is 1. The minimum Gasteiger partial charge on any atom is -0.493 e. The normalized spacial score (nSPS) is 10.5. The fourth-order valence-electron chi connectivity index (χ4n) is 1.86. The van der Waals surface area contributed by atoms with Crippen LogP contribution in [0.5, 0.6) is 5.75 Å². The number of hydrogen-bond acceptors (Lipinski definition) is 4. The van der Waals surface area contributed by atoms with Crippen LogP contribution in [0.4, 0.5) is 5.69 Å². The number of benzene rings is 2. The van der Waals surface area contributed by atoms with Gasteiger partial charge in [0, 0.05) is 10.6 Å². The number of nitrogens with one attached hydrogen (secondary N) is 2. The van der Waals surface area contributed by atoms with Gasteiger partial charge in [-0.05, 0) is 37.3 Å². The molecule has 2 amide bonds. The van der Waals surface area contributed by atoms with Crippen LogP contribution in [0.15, 0.2) is 47.6 Å². The third-order valence-electron chi connectivity index (χ3n) is 2.97. The number of rotatable bonds is 5. The average Bonchev–Trinajstić information content (AvgIpc) is 2.59. The Bertz CT molecular complexity index is 809. The summed E-state index contributed by atoms with van der Waals surface area (Å²) in [4.78, 5) is 23.7. The van der Waals surface area contributed by atoms with Crippen LogP contribution in [-0.2, 0) is 9.59 Å². The van der Waals surface area contributed by atoms with Gasteiger partial charge in [-0.2, -0.15) is 5.10 Å². The van der Waals surface area contributed by atoms with E-state index in [2.05, 4.69) is 15.8 Å². The number of hydrogen-bond donors (Lipinski definition) is 2. The first-order chi connectivity index (χ1) is 12.0. The molecule has 2 aromatic carbocycles. The quantitative estimate of drug-likeness (QED) is 0.474. The standard InChI is InChI=1S/C17H15Cl2N3O3/c1-2-25-15-6-4-3-5-11(15)10-20-22-17(24)16(23)21-14-9-12(18)7-8-13(14)19/h3-10H,2H2,1H3,(H,21,23)(H,22,24)/b20-10-. The molecule has 0 aliphatic heterocycles. The van der Waals surface area contributed by atoms with Crippen LogP contribution >= 0.6 is 23.2 Å². The van der Waals surface area contributed by atoms with Crippen LogP contribution < -0.4 is 15.5 Å². The van der Waals surface area contributed by atoms with E-state index in [0.29, 0.717) is 22.9 Å². The molecule has 0 heterocycles. The predicted molar refractivity (Wildman–Crippen MR) is 98.4 cm³/mol. The average molecular weight is 380 g/mol.